The lowest BCUT2D eigenvalue weighted by Gasteiger charge is -2.14. The summed E-state index contributed by atoms with van der Waals surface area (Å²) in [5.41, 5.74) is 1.61. The van der Waals surface area contributed by atoms with Crippen LogP contribution in [-0.4, -0.2) is 28.1 Å². The molecule has 2 aromatic rings. The molecule has 0 unspecified atom stereocenters. The predicted octanol–water partition coefficient (Wildman–Crippen LogP) is 3.38. The number of aromatic amines is 1. The largest absolute Gasteiger partial charge is 0.335 e. The average molecular weight is 340 g/mol. The third-order valence-electron chi connectivity index (χ3n) is 3.20. The van der Waals surface area contributed by atoms with Crippen LogP contribution in [0, 0.1) is 0 Å². The van der Waals surface area contributed by atoms with Crippen LogP contribution >= 0.6 is 27.3 Å². The predicted molar refractivity (Wildman–Crippen MR) is 78.4 cm³/mol. The molecular weight excluding hydrogens is 326 g/mol. The van der Waals surface area contributed by atoms with E-state index < -0.39 is 0 Å². The molecule has 1 aliphatic carbocycles. The van der Waals surface area contributed by atoms with Gasteiger partial charge in [0.05, 0.1) is 10.3 Å². The van der Waals surface area contributed by atoms with E-state index in [4.69, 9.17) is 0 Å². The summed E-state index contributed by atoms with van der Waals surface area (Å²) >= 11 is 5.07. The highest BCUT2D eigenvalue weighted by atomic mass is 79.9. The summed E-state index contributed by atoms with van der Waals surface area (Å²) in [5.74, 6) is 0.556. The van der Waals surface area contributed by atoms with Crippen molar-refractivity contribution in [3.05, 3.63) is 38.3 Å². The second-order valence-electron chi connectivity index (χ2n) is 4.85. The normalized spacial score (nSPS) is 14.6. The monoisotopic (exact) mass is 339 g/mol. The number of nitrogens with zero attached hydrogens (tertiary/aromatic N) is 2. The maximum atomic E-state index is 12.2. The number of hydrogen-bond donors (Lipinski definition) is 1. The van der Waals surface area contributed by atoms with Gasteiger partial charge in [-0.1, -0.05) is 0 Å². The Morgan fingerprint density at radius 3 is 3.00 bits per heavy atom. The summed E-state index contributed by atoms with van der Waals surface area (Å²) in [6.45, 7) is 0.612. The number of hydrogen-bond acceptors (Lipinski definition) is 3. The van der Waals surface area contributed by atoms with Crippen LogP contribution in [0.2, 0.25) is 0 Å². The van der Waals surface area contributed by atoms with Gasteiger partial charge in [-0.3, -0.25) is 9.89 Å². The third-order valence-corrected chi connectivity index (χ3v) is 4.81. The Morgan fingerprint density at radius 2 is 2.37 bits per heavy atom. The van der Waals surface area contributed by atoms with E-state index >= 15 is 0 Å². The summed E-state index contributed by atoms with van der Waals surface area (Å²) in [6.07, 6.45) is 2.41. The topological polar surface area (TPSA) is 49.0 Å². The van der Waals surface area contributed by atoms with Crippen molar-refractivity contribution in [1.82, 2.24) is 15.1 Å². The van der Waals surface area contributed by atoms with E-state index in [0.717, 1.165) is 14.4 Å². The first-order valence-corrected chi connectivity index (χ1v) is 7.79. The molecule has 0 spiro atoms. The van der Waals surface area contributed by atoms with Crippen LogP contribution in [0.25, 0.3) is 0 Å². The van der Waals surface area contributed by atoms with Gasteiger partial charge in [-0.05, 0) is 47.0 Å². The van der Waals surface area contributed by atoms with Crippen molar-refractivity contribution in [2.45, 2.75) is 25.3 Å². The van der Waals surface area contributed by atoms with E-state index in [-0.39, 0.29) is 5.91 Å². The first kappa shape index (κ1) is 12.9. The highest BCUT2D eigenvalue weighted by Crippen LogP contribution is 2.39. The van der Waals surface area contributed by atoms with Crippen LogP contribution in [0.3, 0.4) is 0 Å². The van der Waals surface area contributed by atoms with Crippen molar-refractivity contribution < 1.29 is 4.79 Å². The zero-order valence-corrected chi connectivity index (χ0v) is 12.9. The second-order valence-corrected chi connectivity index (χ2v) is 7.40. The number of halogens is 1. The number of rotatable bonds is 4. The Labute approximate surface area is 123 Å². The SMILES string of the molecule is CN(Cc1ccc(Br)s1)C(=O)c1cc(C2CC2)[nH]n1. The highest BCUT2D eigenvalue weighted by molar-refractivity contribution is 9.11. The minimum Gasteiger partial charge on any atom is -0.335 e. The number of H-pyrrole nitrogens is 1. The Kier molecular flexibility index (Phi) is 3.45. The summed E-state index contributed by atoms with van der Waals surface area (Å²) in [6, 6.07) is 5.91. The number of carbonyl (C=O) groups excluding carboxylic acids is 1. The maximum absolute atomic E-state index is 12.2. The second kappa shape index (κ2) is 5.09. The van der Waals surface area contributed by atoms with Crippen molar-refractivity contribution >= 4 is 33.2 Å². The zero-order chi connectivity index (χ0) is 13.4. The molecule has 1 amide bonds. The van der Waals surface area contributed by atoms with Crippen LogP contribution in [0.15, 0.2) is 22.0 Å². The number of thiophene rings is 1. The van der Waals surface area contributed by atoms with Gasteiger partial charge in [-0.15, -0.1) is 11.3 Å². The molecule has 1 N–H and O–H groups in total. The van der Waals surface area contributed by atoms with Crippen LogP contribution in [0.5, 0.6) is 0 Å². The summed E-state index contributed by atoms with van der Waals surface area (Å²) in [4.78, 5) is 15.1. The molecule has 1 saturated carbocycles. The van der Waals surface area contributed by atoms with Crippen LogP contribution in [0.1, 0.15) is 39.8 Å². The van der Waals surface area contributed by atoms with Gasteiger partial charge in [0.25, 0.3) is 5.91 Å². The van der Waals surface area contributed by atoms with E-state index in [2.05, 4.69) is 26.1 Å². The lowest BCUT2D eigenvalue weighted by atomic mass is 10.2. The fourth-order valence-corrected chi connectivity index (χ4v) is 3.52. The molecule has 1 aliphatic rings. The molecule has 2 aromatic heterocycles. The Balaban J connectivity index is 1.67. The molecule has 0 saturated heterocycles. The van der Waals surface area contributed by atoms with E-state index in [0.29, 0.717) is 18.2 Å². The van der Waals surface area contributed by atoms with Crippen molar-refractivity contribution in [3.63, 3.8) is 0 Å². The highest BCUT2D eigenvalue weighted by Gasteiger charge is 2.27. The number of carbonyl (C=O) groups is 1. The molecule has 0 bridgehead atoms. The first-order valence-electron chi connectivity index (χ1n) is 6.18. The van der Waals surface area contributed by atoms with Gasteiger partial charge in [-0.2, -0.15) is 5.10 Å². The molecule has 1 fully saturated rings. The van der Waals surface area contributed by atoms with Crippen molar-refractivity contribution in [2.75, 3.05) is 7.05 Å². The van der Waals surface area contributed by atoms with Gasteiger partial charge < -0.3 is 4.90 Å². The number of amides is 1. The molecule has 0 aliphatic heterocycles. The van der Waals surface area contributed by atoms with Gasteiger partial charge in [0.15, 0.2) is 0 Å². The lowest BCUT2D eigenvalue weighted by molar-refractivity contribution is 0.0780. The quantitative estimate of drug-likeness (QED) is 0.928. The first-order chi connectivity index (χ1) is 9.13. The minimum atomic E-state index is -0.0346. The van der Waals surface area contributed by atoms with Crippen LogP contribution in [-0.2, 0) is 6.54 Å². The lowest BCUT2D eigenvalue weighted by Crippen LogP contribution is -2.26. The maximum Gasteiger partial charge on any atom is 0.274 e. The summed E-state index contributed by atoms with van der Waals surface area (Å²) in [5, 5.41) is 7.09. The summed E-state index contributed by atoms with van der Waals surface area (Å²) < 4.78 is 1.08. The average Bonchev–Trinajstić information content (AvgIpc) is 2.98. The Bertz CT molecular complexity index is 603. The molecule has 0 radical (unpaired) electrons. The molecule has 4 nitrogen and oxygen atoms in total. The molecular formula is C13H14BrN3OS. The molecule has 3 rings (SSSR count). The van der Waals surface area contributed by atoms with Crippen molar-refractivity contribution in [1.29, 1.82) is 0 Å². The zero-order valence-electron chi connectivity index (χ0n) is 10.5. The molecule has 19 heavy (non-hydrogen) atoms. The molecule has 2 heterocycles. The van der Waals surface area contributed by atoms with Crippen molar-refractivity contribution in [2.24, 2.45) is 0 Å². The molecule has 6 heteroatoms. The van der Waals surface area contributed by atoms with Gasteiger partial charge >= 0.3 is 0 Å². The fraction of sp³-hybridized carbons (Fsp3) is 0.385. The number of nitrogens with one attached hydrogen (secondary N) is 1. The Hall–Kier alpha value is -1.14. The van der Waals surface area contributed by atoms with Crippen LogP contribution < -0.4 is 0 Å². The molecule has 100 valence electrons. The molecule has 0 aromatic carbocycles. The fourth-order valence-electron chi connectivity index (χ4n) is 1.99. The van der Waals surface area contributed by atoms with Gasteiger partial charge in [-0.25, -0.2) is 0 Å². The minimum absolute atomic E-state index is 0.0346. The smallest absolute Gasteiger partial charge is 0.274 e. The number of aromatic nitrogens is 2. The Morgan fingerprint density at radius 1 is 1.58 bits per heavy atom. The van der Waals surface area contributed by atoms with E-state index in [9.17, 15) is 4.79 Å². The van der Waals surface area contributed by atoms with E-state index in [1.165, 1.54) is 12.8 Å². The molecule has 0 atom stereocenters. The van der Waals surface area contributed by atoms with Gasteiger partial charge in [0.1, 0.15) is 5.69 Å². The van der Waals surface area contributed by atoms with Gasteiger partial charge in [0, 0.05) is 23.5 Å². The summed E-state index contributed by atoms with van der Waals surface area (Å²) in [7, 11) is 1.81. The van der Waals surface area contributed by atoms with E-state index in [1.54, 1.807) is 23.3 Å². The standard InChI is InChI=1S/C13H14BrN3OS/c1-17(7-9-4-5-12(14)19-9)13(18)11-6-10(15-16-11)8-2-3-8/h4-6,8H,2-3,7H2,1H3,(H,15,16). The third kappa shape index (κ3) is 2.90. The van der Waals surface area contributed by atoms with Crippen molar-refractivity contribution in [3.8, 4) is 0 Å². The van der Waals surface area contributed by atoms with Crippen LogP contribution in [0.4, 0.5) is 0 Å². The van der Waals surface area contributed by atoms with Gasteiger partial charge in [0.2, 0.25) is 0 Å². The van der Waals surface area contributed by atoms with E-state index in [1.807, 2.05) is 18.2 Å².